The van der Waals surface area contributed by atoms with Crippen LogP contribution in [0.2, 0.25) is 0 Å². The van der Waals surface area contributed by atoms with Gasteiger partial charge in [0, 0.05) is 31.4 Å². The molecule has 0 bridgehead atoms. The summed E-state index contributed by atoms with van der Waals surface area (Å²) < 4.78 is 5.76. The van der Waals surface area contributed by atoms with Crippen LogP contribution in [0.1, 0.15) is 35.5 Å². The molecule has 5 nitrogen and oxygen atoms in total. The second-order valence-electron chi connectivity index (χ2n) is 6.35. The summed E-state index contributed by atoms with van der Waals surface area (Å²) in [5.41, 5.74) is 2.27. The fourth-order valence-corrected chi connectivity index (χ4v) is 3.53. The number of benzene rings is 1. The number of thiazole rings is 1. The molecule has 1 aromatic carbocycles. The van der Waals surface area contributed by atoms with Crippen LogP contribution in [-0.4, -0.2) is 35.4 Å². The number of amides is 1. The SMILES string of the molecule is Cc1ccc(OCc2nc(CNCCCN3CCCC3=O)cs2)cc1. The summed E-state index contributed by atoms with van der Waals surface area (Å²) >= 11 is 1.63. The van der Waals surface area contributed by atoms with E-state index in [2.05, 4.69) is 22.6 Å². The second kappa shape index (κ2) is 8.97. The highest BCUT2D eigenvalue weighted by Crippen LogP contribution is 2.16. The zero-order chi connectivity index (χ0) is 17.5. The Morgan fingerprint density at radius 3 is 2.92 bits per heavy atom. The minimum Gasteiger partial charge on any atom is -0.486 e. The summed E-state index contributed by atoms with van der Waals surface area (Å²) in [6, 6.07) is 8.05. The zero-order valence-electron chi connectivity index (χ0n) is 14.7. The van der Waals surface area contributed by atoms with Crippen LogP contribution in [0.25, 0.3) is 0 Å². The molecule has 1 aliphatic heterocycles. The maximum atomic E-state index is 11.5. The molecule has 0 aliphatic carbocycles. The third kappa shape index (κ3) is 5.54. The van der Waals surface area contributed by atoms with Crippen molar-refractivity contribution in [2.24, 2.45) is 0 Å². The van der Waals surface area contributed by atoms with Crippen LogP contribution in [0.4, 0.5) is 0 Å². The number of aryl methyl sites for hydroxylation is 1. The monoisotopic (exact) mass is 359 g/mol. The zero-order valence-corrected chi connectivity index (χ0v) is 15.5. The normalized spacial score (nSPS) is 14.3. The first-order valence-corrected chi connectivity index (χ1v) is 9.70. The highest BCUT2D eigenvalue weighted by atomic mass is 32.1. The number of nitrogens with zero attached hydrogens (tertiary/aromatic N) is 2. The van der Waals surface area contributed by atoms with Gasteiger partial charge in [-0.2, -0.15) is 0 Å². The second-order valence-corrected chi connectivity index (χ2v) is 7.29. The van der Waals surface area contributed by atoms with Crippen LogP contribution in [0, 0.1) is 6.92 Å². The lowest BCUT2D eigenvalue weighted by atomic mass is 10.2. The van der Waals surface area contributed by atoms with Crippen LogP contribution in [0.15, 0.2) is 29.6 Å². The molecule has 1 saturated heterocycles. The predicted molar refractivity (Wildman–Crippen MR) is 99.8 cm³/mol. The van der Waals surface area contributed by atoms with Crippen molar-refractivity contribution in [1.82, 2.24) is 15.2 Å². The standard InChI is InChI=1S/C19H25N3O2S/c1-15-5-7-17(8-6-15)24-13-18-21-16(14-25-18)12-20-9-3-11-22-10-2-4-19(22)23/h5-8,14,20H,2-4,9-13H2,1H3. The van der Waals surface area contributed by atoms with E-state index in [9.17, 15) is 4.79 Å². The number of carbonyl (C=O) groups is 1. The molecule has 0 radical (unpaired) electrons. The molecular formula is C19H25N3O2S. The van der Waals surface area contributed by atoms with E-state index in [0.717, 1.165) is 61.9 Å². The highest BCUT2D eigenvalue weighted by molar-refractivity contribution is 7.09. The Morgan fingerprint density at radius 2 is 2.16 bits per heavy atom. The van der Waals surface area contributed by atoms with Gasteiger partial charge in [0.25, 0.3) is 0 Å². The minimum atomic E-state index is 0.303. The molecule has 0 spiro atoms. The van der Waals surface area contributed by atoms with Crippen molar-refractivity contribution in [3.8, 4) is 5.75 Å². The first kappa shape index (κ1) is 17.9. The number of hydrogen-bond acceptors (Lipinski definition) is 5. The van der Waals surface area contributed by atoms with Crippen LogP contribution in [0.5, 0.6) is 5.75 Å². The van der Waals surface area contributed by atoms with E-state index in [-0.39, 0.29) is 0 Å². The van der Waals surface area contributed by atoms with Crippen molar-refractivity contribution >= 4 is 17.2 Å². The quantitative estimate of drug-likeness (QED) is 0.699. The Labute approximate surface area is 153 Å². The maximum absolute atomic E-state index is 11.5. The van der Waals surface area contributed by atoms with Crippen molar-refractivity contribution < 1.29 is 9.53 Å². The molecule has 1 aromatic heterocycles. The average Bonchev–Trinajstić information content (AvgIpc) is 3.23. The topological polar surface area (TPSA) is 54.5 Å². The van der Waals surface area contributed by atoms with E-state index >= 15 is 0 Å². The number of ether oxygens (including phenoxy) is 1. The first-order valence-electron chi connectivity index (χ1n) is 8.82. The Morgan fingerprint density at radius 1 is 1.32 bits per heavy atom. The molecule has 1 aliphatic rings. The lowest BCUT2D eigenvalue weighted by Crippen LogP contribution is -2.28. The van der Waals surface area contributed by atoms with Gasteiger partial charge in [0.05, 0.1) is 5.69 Å². The maximum Gasteiger partial charge on any atom is 0.222 e. The van der Waals surface area contributed by atoms with E-state index in [0.29, 0.717) is 12.5 Å². The Kier molecular flexibility index (Phi) is 6.42. The summed E-state index contributed by atoms with van der Waals surface area (Å²) in [4.78, 5) is 18.1. The number of rotatable bonds is 9. The summed E-state index contributed by atoms with van der Waals surface area (Å²) in [7, 11) is 0. The summed E-state index contributed by atoms with van der Waals surface area (Å²) in [5.74, 6) is 1.18. The average molecular weight is 359 g/mol. The lowest BCUT2D eigenvalue weighted by molar-refractivity contribution is -0.127. The highest BCUT2D eigenvalue weighted by Gasteiger charge is 2.18. The van der Waals surface area contributed by atoms with Gasteiger partial charge in [-0.15, -0.1) is 11.3 Å². The molecular weight excluding hydrogens is 334 g/mol. The van der Waals surface area contributed by atoms with Gasteiger partial charge in [-0.25, -0.2) is 4.98 Å². The van der Waals surface area contributed by atoms with Gasteiger partial charge in [-0.05, 0) is 38.4 Å². The molecule has 3 rings (SSSR count). The number of nitrogens with one attached hydrogen (secondary N) is 1. The van der Waals surface area contributed by atoms with Gasteiger partial charge >= 0.3 is 0 Å². The molecule has 0 atom stereocenters. The van der Waals surface area contributed by atoms with E-state index < -0.39 is 0 Å². The van der Waals surface area contributed by atoms with Crippen molar-refractivity contribution in [3.63, 3.8) is 0 Å². The fourth-order valence-electron chi connectivity index (χ4n) is 2.83. The number of likely N-dealkylation sites (tertiary alicyclic amines) is 1. The molecule has 1 amide bonds. The van der Waals surface area contributed by atoms with E-state index in [1.54, 1.807) is 11.3 Å². The van der Waals surface area contributed by atoms with Gasteiger partial charge in [0.1, 0.15) is 17.4 Å². The van der Waals surface area contributed by atoms with E-state index in [1.165, 1.54) is 5.56 Å². The number of hydrogen-bond donors (Lipinski definition) is 1. The largest absolute Gasteiger partial charge is 0.486 e. The van der Waals surface area contributed by atoms with Crippen LogP contribution in [-0.2, 0) is 17.9 Å². The number of aromatic nitrogens is 1. The third-order valence-corrected chi connectivity index (χ3v) is 5.11. The van der Waals surface area contributed by atoms with Crippen LogP contribution in [0.3, 0.4) is 0 Å². The van der Waals surface area contributed by atoms with Crippen molar-refractivity contribution in [2.45, 2.75) is 39.3 Å². The Bertz CT molecular complexity index is 684. The molecule has 2 heterocycles. The lowest BCUT2D eigenvalue weighted by Gasteiger charge is -2.15. The Hall–Kier alpha value is -1.92. The Balaban J connectivity index is 1.32. The predicted octanol–water partition coefficient (Wildman–Crippen LogP) is 3.13. The summed E-state index contributed by atoms with van der Waals surface area (Å²) in [5, 5.41) is 6.46. The van der Waals surface area contributed by atoms with Crippen molar-refractivity contribution in [3.05, 3.63) is 45.9 Å². The van der Waals surface area contributed by atoms with Crippen molar-refractivity contribution in [2.75, 3.05) is 19.6 Å². The van der Waals surface area contributed by atoms with Crippen LogP contribution < -0.4 is 10.1 Å². The molecule has 6 heteroatoms. The van der Waals surface area contributed by atoms with Gasteiger partial charge < -0.3 is 15.0 Å². The molecule has 1 fully saturated rings. The van der Waals surface area contributed by atoms with Gasteiger partial charge in [0.2, 0.25) is 5.91 Å². The van der Waals surface area contributed by atoms with E-state index in [4.69, 9.17) is 4.74 Å². The number of carbonyl (C=O) groups excluding carboxylic acids is 1. The molecule has 0 saturated carbocycles. The van der Waals surface area contributed by atoms with Crippen LogP contribution >= 0.6 is 11.3 Å². The fraction of sp³-hybridized carbons (Fsp3) is 0.474. The first-order chi connectivity index (χ1) is 12.2. The molecule has 2 aromatic rings. The minimum absolute atomic E-state index is 0.303. The van der Waals surface area contributed by atoms with Gasteiger partial charge in [0.15, 0.2) is 0 Å². The van der Waals surface area contributed by atoms with Gasteiger partial charge in [-0.1, -0.05) is 17.7 Å². The third-order valence-electron chi connectivity index (χ3n) is 4.24. The van der Waals surface area contributed by atoms with Gasteiger partial charge in [-0.3, -0.25) is 4.79 Å². The van der Waals surface area contributed by atoms with Crippen molar-refractivity contribution in [1.29, 1.82) is 0 Å². The molecule has 25 heavy (non-hydrogen) atoms. The molecule has 134 valence electrons. The molecule has 1 N–H and O–H groups in total. The van der Waals surface area contributed by atoms with E-state index in [1.807, 2.05) is 29.2 Å². The summed E-state index contributed by atoms with van der Waals surface area (Å²) in [6.45, 7) is 6.01. The molecule has 0 unspecified atom stereocenters. The summed E-state index contributed by atoms with van der Waals surface area (Å²) in [6.07, 6.45) is 2.72. The smallest absolute Gasteiger partial charge is 0.222 e.